The van der Waals surface area contributed by atoms with Crippen LogP contribution in [0.15, 0.2) is 71.2 Å². The Bertz CT molecular complexity index is 847. The van der Waals surface area contributed by atoms with Crippen LogP contribution in [0.5, 0.6) is 0 Å². The van der Waals surface area contributed by atoms with Crippen molar-refractivity contribution in [3.8, 4) is 0 Å². The van der Waals surface area contributed by atoms with Gasteiger partial charge < -0.3 is 15.9 Å². The van der Waals surface area contributed by atoms with Crippen LogP contribution in [0, 0.1) is 0 Å². The van der Waals surface area contributed by atoms with E-state index >= 15 is 0 Å². The molecule has 3 rings (SSSR count). The molecule has 3 aromatic rings. The van der Waals surface area contributed by atoms with Gasteiger partial charge in [0, 0.05) is 10.5 Å². The predicted molar refractivity (Wildman–Crippen MR) is 103 cm³/mol. The van der Waals surface area contributed by atoms with E-state index in [1.807, 2.05) is 55.5 Å². The third-order valence-electron chi connectivity index (χ3n) is 3.72. The molecule has 0 fully saturated rings. The van der Waals surface area contributed by atoms with Crippen LogP contribution in [0.4, 0.5) is 0 Å². The Labute approximate surface area is 155 Å². The number of fused-ring (bicyclic) bond motifs is 1. The minimum absolute atomic E-state index is 0.132. The summed E-state index contributed by atoms with van der Waals surface area (Å²) in [7, 11) is 0. The first kappa shape index (κ1) is 19.1. The maximum absolute atomic E-state index is 10.6. The molecule has 5 heteroatoms. The first-order valence-electron chi connectivity index (χ1n) is 7.79. The van der Waals surface area contributed by atoms with Gasteiger partial charge in [-0.25, -0.2) is 4.79 Å². The average molecular weight is 402 g/mol. The summed E-state index contributed by atoms with van der Waals surface area (Å²) in [5, 5.41) is 20.0. The van der Waals surface area contributed by atoms with Gasteiger partial charge in [0.25, 0.3) is 0 Å². The van der Waals surface area contributed by atoms with Crippen LogP contribution >= 0.6 is 15.9 Å². The van der Waals surface area contributed by atoms with Crippen LogP contribution in [0.1, 0.15) is 30.2 Å². The van der Waals surface area contributed by atoms with E-state index in [1.165, 1.54) is 5.56 Å². The fourth-order valence-corrected chi connectivity index (χ4v) is 2.55. The van der Waals surface area contributed by atoms with Crippen LogP contribution in [0.25, 0.3) is 10.8 Å². The molecule has 25 heavy (non-hydrogen) atoms. The molecule has 0 heterocycles. The van der Waals surface area contributed by atoms with Crippen molar-refractivity contribution in [1.29, 1.82) is 0 Å². The van der Waals surface area contributed by atoms with Gasteiger partial charge in [0.15, 0.2) is 6.10 Å². The van der Waals surface area contributed by atoms with E-state index in [2.05, 4.69) is 15.9 Å². The SMILES string of the molecule is C[C@H](N)c1ccc(Br)cc1.O=C(O)[C@@H](O)c1ccc2ccccc2c1. The zero-order valence-corrected chi connectivity index (χ0v) is 15.3. The molecule has 4 nitrogen and oxygen atoms in total. The average Bonchev–Trinajstić information content (AvgIpc) is 2.61. The maximum atomic E-state index is 10.6. The maximum Gasteiger partial charge on any atom is 0.337 e. The second-order valence-electron chi connectivity index (χ2n) is 5.69. The Morgan fingerprint density at radius 2 is 1.52 bits per heavy atom. The van der Waals surface area contributed by atoms with Crippen molar-refractivity contribution in [2.45, 2.75) is 19.1 Å². The van der Waals surface area contributed by atoms with Gasteiger partial charge in [-0.05, 0) is 47.0 Å². The zero-order chi connectivity index (χ0) is 18.4. The highest BCUT2D eigenvalue weighted by molar-refractivity contribution is 9.10. The summed E-state index contributed by atoms with van der Waals surface area (Å²) < 4.78 is 1.09. The second-order valence-corrected chi connectivity index (χ2v) is 6.60. The molecule has 0 bridgehead atoms. The highest BCUT2D eigenvalue weighted by atomic mass is 79.9. The summed E-state index contributed by atoms with van der Waals surface area (Å²) >= 11 is 3.35. The van der Waals surface area contributed by atoms with Crippen molar-refractivity contribution < 1.29 is 15.0 Å². The van der Waals surface area contributed by atoms with Gasteiger partial charge in [0.05, 0.1) is 0 Å². The van der Waals surface area contributed by atoms with Crippen LogP contribution < -0.4 is 5.73 Å². The van der Waals surface area contributed by atoms with Crippen LogP contribution in [0.2, 0.25) is 0 Å². The lowest BCUT2D eigenvalue weighted by atomic mass is 10.0. The molecule has 0 amide bonds. The highest BCUT2D eigenvalue weighted by Crippen LogP contribution is 2.20. The molecule has 0 saturated heterocycles. The molecule has 0 aromatic heterocycles. The number of aliphatic hydroxyl groups is 1. The van der Waals surface area contributed by atoms with Gasteiger partial charge in [0.1, 0.15) is 0 Å². The van der Waals surface area contributed by atoms with E-state index < -0.39 is 12.1 Å². The Morgan fingerprint density at radius 3 is 2.08 bits per heavy atom. The number of aliphatic hydroxyl groups excluding tert-OH is 1. The molecule has 0 aliphatic heterocycles. The van der Waals surface area contributed by atoms with E-state index in [-0.39, 0.29) is 6.04 Å². The first-order valence-corrected chi connectivity index (χ1v) is 8.58. The van der Waals surface area contributed by atoms with Crippen molar-refractivity contribution in [2.24, 2.45) is 5.73 Å². The fraction of sp³-hybridized carbons (Fsp3) is 0.150. The number of nitrogens with two attached hydrogens (primary N) is 1. The molecule has 0 spiro atoms. The summed E-state index contributed by atoms with van der Waals surface area (Å²) in [5.74, 6) is -1.23. The standard InChI is InChI=1S/C12H10O3.C8H10BrN/c13-11(12(14)15)10-6-5-8-3-1-2-4-9(8)7-10;1-6(10)7-2-4-8(9)5-3-7/h1-7,11,13H,(H,14,15);2-6H,10H2,1H3/t11-;6-/m00/s1. The van der Waals surface area contributed by atoms with Gasteiger partial charge >= 0.3 is 5.97 Å². The Morgan fingerprint density at radius 1 is 0.960 bits per heavy atom. The van der Waals surface area contributed by atoms with Gasteiger partial charge in [-0.15, -0.1) is 0 Å². The summed E-state index contributed by atoms with van der Waals surface area (Å²) in [6.07, 6.45) is -1.45. The highest BCUT2D eigenvalue weighted by Gasteiger charge is 2.15. The first-order chi connectivity index (χ1) is 11.9. The van der Waals surface area contributed by atoms with Crippen molar-refractivity contribution >= 4 is 32.7 Å². The van der Waals surface area contributed by atoms with E-state index in [1.54, 1.807) is 18.2 Å². The number of hydrogen-bond donors (Lipinski definition) is 3. The number of rotatable bonds is 3. The number of halogens is 1. The topological polar surface area (TPSA) is 83.6 Å². The Hall–Kier alpha value is -2.21. The normalized spacial score (nSPS) is 12.8. The minimum atomic E-state index is -1.45. The van der Waals surface area contributed by atoms with Gasteiger partial charge in [-0.3, -0.25) is 0 Å². The molecule has 3 aromatic carbocycles. The molecule has 0 radical (unpaired) electrons. The van der Waals surface area contributed by atoms with Crippen molar-refractivity contribution in [1.82, 2.24) is 0 Å². The lowest BCUT2D eigenvalue weighted by molar-refractivity contribution is -0.146. The molecule has 0 unspecified atom stereocenters. The quantitative estimate of drug-likeness (QED) is 0.606. The van der Waals surface area contributed by atoms with E-state index in [0.717, 1.165) is 15.2 Å². The number of carboxylic acid groups (broad SMARTS) is 1. The predicted octanol–water partition coefficient (Wildman–Crippen LogP) is 4.43. The third-order valence-corrected chi connectivity index (χ3v) is 4.25. The smallest absolute Gasteiger partial charge is 0.337 e. The minimum Gasteiger partial charge on any atom is -0.479 e. The lowest BCUT2D eigenvalue weighted by Crippen LogP contribution is -2.10. The van der Waals surface area contributed by atoms with E-state index in [9.17, 15) is 9.90 Å². The molecule has 2 atom stereocenters. The lowest BCUT2D eigenvalue weighted by Gasteiger charge is -2.06. The number of benzene rings is 3. The molecule has 130 valence electrons. The molecule has 0 aliphatic carbocycles. The fourth-order valence-electron chi connectivity index (χ4n) is 2.29. The summed E-state index contributed by atoms with van der Waals surface area (Å²) in [5.41, 5.74) is 7.22. The van der Waals surface area contributed by atoms with Crippen LogP contribution in [0.3, 0.4) is 0 Å². The van der Waals surface area contributed by atoms with Gasteiger partial charge in [-0.1, -0.05) is 64.5 Å². The number of hydrogen-bond acceptors (Lipinski definition) is 3. The Kier molecular flexibility index (Phi) is 6.70. The number of aliphatic carboxylic acids is 1. The monoisotopic (exact) mass is 401 g/mol. The van der Waals surface area contributed by atoms with Gasteiger partial charge in [-0.2, -0.15) is 0 Å². The third kappa shape index (κ3) is 5.39. The molecule has 0 saturated carbocycles. The number of carboxylic acids is 1. The molecular formula is C20H20BrNO3. The van der Waals surface area contributed by atoms with Crippen molar-refractivity contribution in [3.05, 3.63) is 82.3 Å². The summed E-state index contributed by atoms with van der Waals surface area (Å²) in [6, 6.07) is 20.9. The summed E-state index contributed by atoms with van der Waals surface area (Å²) in [4.78, 5) is 10.6. The molecular weight excluding hydrogens is 382 g/mol. The second kappa shape index (κ2) is 8.76. The summed E-state index contributed by atoms with van der Waals surface area (Å²) in [6.45, 7) is 1.98. The molecule has 4 N–H and O–H groups in total. The Balaban J connectivity index is 0.000000196. The van der Waals surface area contributed by atoms with Crippen molar-refractivity contribution in [3.63, 3.8) is 0 Å². The molecule has 0 aliphatic rings. The zero-order valence-electron chi connectivity index (χ0n) is 13.8. The van der Waals surface area contributed by atoms with Crippen LogP contribution in [-0.2, 0) is 4.79 Å². The van der Waals surface area contributed by atoms with Gasteiger partial charge in [0.2, 0.25) is 0 Å². The number of carbonyl (C=O) groups is 1. The van der Waals surface area contributed by atoms with E-state index in [4.69, 9.17) is 10.8 Å². The van der Waals surface area contributed by atoms with Crippen molar-refractivity contribution in [2.75, 3.05) is 0 Å². The van der Waals surface area contributed by atoms with Crippen LogP contribution in [-0.4, -0.2) is 16.2 Å². The van der Waals surface area contributed by atoms with E-state index in [0.29, 0.717) is 5.56 Å². The largest absolute Gasteiger partial charge is 0.479 e.